The summed E-state index contributed by atoms with van der Waals surface area (Å²) in [5.74, 6) is 0.631. The largest absolute Gasteiger partial charge is 0.467 e. The third-order valence-electron chi connectivity index (χ3n) is 5.67. The number of aryl methyl sites for hydroxylation is 3. The maximum absolute atomic E-state index is 13.4. The summed E-state index contributed by atoms with van der Waals surface area (Å²) in [7, 11) is 0. The van der Waals surface area contributed by atoms with Gasteiger partial charge in [-0.3, -0.25) is 14.6 Å². The molecule has 8 nitrogen and oxygen atoms in total. The summed E-state index contributed by atoms with van der Waals surface area (Å²) in [5, 5.41) is 6.88. The smallest absolute Gasteiger partial charge is 0.276 e. The van der Waals surface area contributed by atoms with Crippen LogP contribution >= 0.6 is 0 Å². The topological polar surface area (TPSA) is 101 Å². The zero-order chi connectivity index (χ0) is 24.8. The molecular formula is C27H28N4O4. The molecule has 0 saturated carbocycles. The molecule has 8 heteroatoms. The first-order chi connectivity index (χ1) is 16.9. The van der Waals surface area contributed by atoms with Gasteiger partial charge in [-0.1, -0.05) is 28.9 Å². The van der Waals surface area contributed by atoms with Crippen LogP contribution in [0.15, 0.2) is 69.9 Å². The maximum Gasteiger partial charge on any atom is 0.276 e. The van der Waals surface area contributed by atoms with Crippen molar-refractivity contribution in [3.8, 4) is 11.3 Å². The van der Waals surface area contributed by atoms with Gasteiger partial charge in [0.15, 0.2) is 11.5 Å². The van der Waals surface area contributed by atoms with Crippen LogP contribution in [0.1, 0.15) is 45.1 Å². The average Bonchev–Trinajstić information content (AvgIpc) is 3.52. The van der Waals surface area contributed by atoms with Crippen molar-refractivity contribution in [1.29, 1.82) is 0 Å². The highest BCUT2D eigenvalue weighted by molar-refractivity contribution is 5.93. The van der Waals surface area contributed by atoms with Crippen molar-refractivity contribution in [1.82, 2.24) is 20.4 Å². The number of nitrogens with one attached hydrogen (secondary N) is 1. The van der Waals surface area contributed by atoms with Crippen LogP contribution < -0.4 is 5.32 Å². The van der Waals surface area contributed by atoms with Crippen molar-refractivity contribution in [2.45, 2.75) is 40.3 Å². The minimum atomic E-state index is -0.337. The summed E-state index contributed by atoms with van der Waals surface area (Å²) in [5.41, 5.74) is 5.13. The van der Waals surface area contributed by atoms with Gasteiger partial charge in [-0.15, -0.1) is 0 Å². The number of carbonyl (C=O) groups excluding carboxylic acids is 2. The van der Waals surface area contributed by atoms with Crippen LogP contribution in [0.25, 0.3) is 11.3 Å². The van der Waals surface area contributed by atoms with Gasteiger partial charge in [0.1, 0.15) is 5.76 Å². The Hall–Kier alpha value is -4.20. The van der Waals surface area contributed by atoms with Gasteiger partial charge in [0.25, 0.3) is 5.91 Å². The quantitative estimate of drug-likeness (QED) is 0.382. The molecule has 0 fully saturated rings. The van der Waals surface area contributed by atoms with E-state index in [2.05, 4.69) is 27.6 Å². The fourth-order valence-corrected chi connectivity index (χ4v) is 4.08. The molecule has 1 aromatic carbocycles. The molecule has 0 aliphatic rings. The molecule has 0 unspecified atom stereocenters. The number of amides is 2. The van der Waals surface area contributed by atoms with E-state index in [-0.39, 0.29) is 37.0 Å². The second-order valence-electron chi connectivity index (χ2n) is 8.50. The summed E-state index contributed by atoms with van der Waals surface area (Å²) < 4.78 is 11.0. The Morgan fingerprint density at radius 1 is 1.03 bits per heavy atom. The van der Waals surface area contributed by atoms with Gasteiger partial charge in [-0.05, 0) is 56.2 Å². The highest BCUT2D eigenvalue weighted by Crippen LogP contribution is 2.29. The number of nitrogens with zero attached hydrogens (tertiary/aromatic N) is 3. The van der Waals surface area contributed by atoms with E-state index >= 15 is 0 Å². The molecule has 180 valence electrons. The van der Waals surface area contributed by atoms with E-state index in [1.165, 1.54) is 4.90 Å². The Morgan fingerprint density at radius 3 is 2.51 bits per heavy atom. The molecule has 3 heterocycles. The van der Waals surface area contributed by atoms with E-state index in [0.29, 0.717) is 18.1 Å². The van der Waals surface area contributed by atoms with Crippen molar-refractivity contribution < 1.29 is 18.5 Å². The first-order valence-corrected chi connectivity index (χ1v) is 11.4. The molecular weight excluding hydrogens is 444 g/mol. The molecule has 0 aliphatic heterocycles. The monoisotopic (exact) mass is 472 g/mol. The molecule has 0 atom stereocenters. The van der Waals surface area contributed by atoms with Gasteiger partial charge in [0.05, 0.1) is 25.0 Å². The van der Waals surface area contributed by atoms with Crippen molar-refractivity contribution >= 4 is 11.8 Å². The normalized spacial score (nSPS) is 10.8. The number of benzene rings is 1. The van der Waals surface area contributed by atoms with Gasteiger partial charge in [0.2, 0.25) is 5.91 Å². The molecule has 0 aliphatic carbocycles. The first kappa shape index (κ1) is 23.9. The number of rotatable bonds is 9. The summed E-state index contributed by atoms with van der Waals surface area (Å²) in [4.78, 5) is 31.5. The van der Waals surface area contributed by atoms with E-state index < -0.39 is 0 Å². The van der Waals surface area contributed by atoms with Crippen LogP contribution in [0.5, 0.6) is 0 Å². The van der Waals surface area contributed by atoms with Crippen LogP contribution in [0.4, 0.5) is 0 Å². The van der Waals surface area contributed by atoms with Crippen LogP contribution in [-0.4, -0.2) is 33.4 Å². The van der Waals surface area contributed by atoms with E-state index in [4.69, 9.17) is 8.94 Å². The summed E-state index contributed by atoms with van der Waals surface area (Å²) in [6, 6.07) is 14.9. The third kappa shape index (κ3) is 6.03. The number of carbonyl (C=O) groups is 2. The molecule has 0 bridgehead atoms. The van der Waals surface area contributed by atoms with Gasteiger partial charge < -0.3 is 19.2 Å². The Morgan fingerprint density at radius 2 is 1.83 bits per heavy atom. The van der Waals surface area contributed by atoms with Gasteiger partial charge >= 0.3 is 0 Å². The minimum Gasteiger partial charge on any atom is -0.467 e. The molecule has 4 rings (SSSR count). The summed E-state index contributed by atoms with van der Waals surface area (Å²) in [6.45, 7) is 6.78. The standard InChI is InChI=1S/C27H28N4O4/c1-18-13-19(2)26(20(3)14-18)24-15-23(30-35-24)27(33)31(17-22-8-6-12-34-22)11-9-25(32)29-16-21-7-4-5-10-28-21/h4-8,10,12-15H,9,11,16-17H2,1-3H3,(H,29,32). The molecule has 35 heavy (non-hydrogen) atoms. The highest BCUT2D eigenvalue weighted by Gasteiger charge is 2.23. The number of hydrogen-bond acceptors (Lipinski definition) is 6. The van der Waals surface area contributed by atoms with Crippen LogP contribution in [-0.2, 0) is 17.9 Å². The molecule has 2 amide bonds. The van der Waals surface area contributed by atoms with Crippen LogP contribution in [0, 0.1) is 20.8 Å². The molecule has 3 aromatic heterocycles. The lowest BCUT2D eigenvalue weighted by atomic mass is 9.98. The zero-order valence-corrected chi connectivity index (χ0v) is 20.1. The fraction of sp³-hybridized carbons (Fsp3) is 0.259. The molecule has 1 N–H and O–H groups in total. The molecule has 0 saturated heterocycles. The van der Waals surface area contributed by atoms with E-state index in [0.717, 1.165) is 27.9 Å². The lowest BCUT2D eigenvalue weighted by Crippen LogP contribution is -2.35. The molecule has 4 aromatic rings. The number of aromatic nitrogens is 2. The predicted octanol–water partition coefficient (Wildman–Crippen LogP) is 4.60. The summed E-state index contributed by atoms with van der Waals surface area (Å²) >= 11 is 0. The van der Waals surface area contributed by atoms with E-state index in [9.17, 15) is 9.59 Å². The van der Waals surface area contributed by atoms with Crippen molar-refractivity contribution in [2.75, 3.05) is 6.54 Å². The van der Waals surface area contributed by atoms with Crippen LogP contribution in [0.2, 0.25) is 0 Å². The Bertz CT molecular complexity index is 1270. The zero-order valence-electron chi connectivity index (χ0n) is 20.1. The molecule has 0 spiro atoms. The van der Waals surface area contributed by atoms with E-state index in [1.54, 1.807) is 30.7 Å². The minimum absolute atomic E-state index is 0.125. The Labute approximate surface area is 203 Å². The van der Waals surface area contributed by atoms with Crippen molar-refractivity contribution in [3.05, 3.63) is 94.8 Å². The lowest BCUT2D eigenvalue weighted by Gasteiger charge is -2.20. The van der Waals surface area contributed by atoms with Gasteiger partial charge in [-0.25, -0.2) is 0 Å². The fourth-order valence-electron chi connectivity index (χ4n) is 4.08. The number of hydrogen-bond donors (Lipinski definition) is 1. The Kier molecular flexibility index (Phi) is 7.40. The SMILES string of the molecule is Cc1cc(C)c(-c2cc(C(=O)N(CCC(=O)NCc3ccccn3)Cc3ccco3)no2)c(C)c1. The maximum atomic E-state index is 13.4. The number of pyridine rings is 1. The average molecular weight is 473 g/mol. The Balaban J connectivity index is 1.47. The van der Waals surface area contributed by atoms with Crippen LogP contribution in [0.3, 0.4) is 0 Å². The van der Waals surface area contributed by atoms with Crippen molar-refractivity contribution in [3.63, 3.8) is 0 Å². The second kappa shape index (κ2) is 10.8. The van der Waals surface area contributed by atoms with Crippen molar-refractivity contribution in [2.24, 2.45) is 0 Å². The van der Waals surface area contributed by atoms with E-state index in [1.807, 2.05) is 39.0 Å². The van der Waals surface area contributed by atoms with Gasteiger partial charge in [-0.2, -0.15) is 0 Å². The second-order valence-corrected chi connectivity index (χ2v) is 8.50. The van der Waals surface area contributed by atoms with Gasteiger partial charge in [0, 0.05) is 30.8 Å². The highest BCUT2D eigenvalue weighted by atomic mass is 16.5. The molecule has 0 radical (unpaired) electrons. The number of furan rings is 1. The lowest BCUT2D eigenvalue weighted by molar-refractivity contribution is -0.121. The summed E-state index contributed by atoms with van der Waals surface area (Å²) in [6.07, 6.45) is 3.35. The third-order valence-corrected chi connectivity index (χ3v) is 5.67. The first-order valence-electron chi connectivity index (χ1n) is 11.4. The predicted molar refractivity (Wildman–Crippen MR) is 130 cm³/mol.